The van der Waals surface area contributed by atoms with E-state index in [1.165, 1.54) is 4.90 Å². The number of halogens is 3. The van der Waals surface area contributed by atoms with E-state index in [0.717, 1.165) is 6.07 Å². The lowest BCUT2D eigenvalue weighted by Crippen LogP contribution is -2.55. The summed E-state index contributed by atoms with van der Waals surface area (Å²) in [7, 11) is -0.881. The Hall–Kier alpha value is -1.58. The first-order valence-electron chi connectivity index (χ1n) is 9.38. The van der Waals surface area contributed by atoms with E-state index in [-0.39, 0.29) is 41.7 Å². The normalized spacial score (nSPS) is 29.7. The van der Waals surface area contributed by atoms with Gasteiger partial charge in [-0.25, -0.2) is 0 Å². The van der Waals surface area contributed by atoms with Gasteiger partial charge in [0.1, 0.15) is 0 Å². The summed E-state index contributed by atoms with van der Waals surface area (Å²) in [5.41, 5.74) is -1.47. The number of rotatable bonds is 2. The largest absolute Gasteiger partial charge is 0.493 e. The van der Waals surface area contributed by atoms with Crippen LogP contribution < -0.4 is 10.4 Å². The number of aliphatic hydroxyl groups is 1. The Morgan fingerprint density at radius 2 is 1.79 bits per heavy atom. The third-order valence-electron chi connectivity index (χ3n) is 5.61. The number of carbonyl (C=O) groups excluding carboxylic acids is 1. The highest BCUT2D eigenvalue weighted by molar-refractivity contribution is 6.61. The fourth-order valence-corrected chi connectivity index (χ4v) is 4.27. The average Bonchev–Trinajstić information content (AvgIpc) is 2.86. The SMILES string of the molecule is CC1(C)COB(c2cc3c(c(C(F)(F)F)c2)N(C2CC(C)(O)C2)C(=O)C3)OC1. The van der Waals surface area contributed by atoms with Crippen LogP contribution in [0.5, 0.6) is 0 Å². The van der Waals surface area contributed by atoms with Crippen LogP contribution in [-0.2, 0) is 26.7 Å². The summed E-state index contributed by atoms with van der Waals surface area (Å²) in [5.74, 6) is -0.371. The molecule has 1 saturated heterocycles. The Morgan fingerprint density at radius 3 is 2.32 bits per heavy atom. The van der Waals surface area contributed by atoms with Crippen LogP contribution in [0.15, 0.2) is 12.1 Å². The van der Waals surface area contributed by atoms with Gasteiger partial charge >= 0.3 is 13.3 Å². The second-order valence-corrected chi connectivity index (χ2v) is 9.19. The fourth-order valence-electron chi connectivity index (χ4n) is 4.27. The number of hydrogen-bond acceptors (Lipinski definition) is 4. The van der Waals surface area contributed by atoms with E-state index in [0.29, 0.717) is 18.8 Å². The van der Waals surface area contributed by atoms with Crippen LogP contribution in [0, 0.1) is 5.41 Å². The molecule has 1 aliphatic carbocycles. The summed E-state index contributed by atoms with van der Waals surface area (Å²) in [6, 6.07) is 2.20. The topological polar surface area (TPSA) is 59.0 Å². The number of fused-ring (bicyclic) bond motifs is 1. The van der Waals surface area contributed by atoms with Gasteiger partial charge in [0.25, 0.3) is 0 Å². The molecule has 5 nitrogen and oxygen atoms in total. The summed E-state index contributed by atoms with van der Waals surface area (Å²) >= 11 is 0. The average molecular weight is 397 g/mol. The first-order chi connectivity index (χ1) is 12.9. The van der Waals surface area contributed by atoms with E-state index in [1.54, 1.807) is 13.0 Å². The molecule has 0 aromatic heterocycles. The van der Waals surface area contributed by atoms with Crippen molar-refractivity contribution in [1.82, 2.24) is 0 Å². The molecule has 2 fully saturated rings. The molecule has 2 heterocycles. The maximum atomic E-state index is 13.9. The minimum Gasteiger partial charge on any atom is -0.407 e. The smallest absolute Gasteiger partial charge is 0.407 e. The maximum Gasteiger partial charge on any atom is 0.493 e. The predicted molar refractivity (Wildman–Crippen MR) is 97.4 cm³/mol. The van der Waals surface area contributed by atoms with Crippen molar-refractivity contribution < 1.29 is 32.4 Å². The highest BCUT2D eigenvalue weighted by Gasteiger charge is 2.50. The minimum absolute atomic E-state index is 0.0853. The van der Waals surface area contributed by atoms with E-state index < -0.39 is 30.5 Å². The summed E-state index contributed by atoms with van der Waals surface area (Å²) in [5, 5.41) is 9.97. The van der Waals surface area contributed by atoms with Gasteiger partial charge in [-0.05, 0) is 36.9 Å². The molecule has 0 radical (unpaired) electrons. The first kappa shape index (κ1) is 19.7. The lowest BCUT2D eigenvalue weighted by molar-refractivity contribution is -0.137. The zero-order chi connectivity index (χ0) is 20.5. The van der Waals surface area contributed by atoms with Crippen molar-refractivity contribution in [3.8, 4) is 0 Å². The van der Waals surface area contributed by atoms with E-state index in [1.807, 2.05) is 13.8 Å². The summed E-state index contributed by atoms with van der Waals surface area (Å²) in [6.45, 7) is 6.28. The van der Waals surface area contributed by atoms with Crippen molar-refractivity contribution in [2.45, 2.75) is 57.9 Å². The molecule has 0 spiro atoms. The molecule has 1 amide bonds. The van der Waals surface area contributed by atoms with Gasteiger partial charge in [0, 0.05) is 24.7 Å². The quantitative estimate of drug-likeness (QED) is 0.779. The minimum atomic E-state index is -4.62. The number of carbonyl (C=O) groups is 1. The Kier molecular flexibility index (Phi) is 4.38. The van der Waals surface area contributed by atoms with Gasteiger partial charge in [-0.1, -0.05) is 19.9 Å². The molecule has 2 aliphatic heterocycles. The number of hydrogen-bond donors (Lipinski definition) is 1. The zero-order valence-electron chi connectivity index (χ0n) is 16.1. The predicted octanol–water partition coefficient (Wildman–Crippen LogP) is 2.28. The Morgan fingerprint density at radius 1 is 1.18 bits per heavy atom. The van der Waals surface area contributed by atoms with E-state index in [2.05, 4.69) is 0 Å². The van der Waals surface area contributed by atoms with Crippen LogP contribution in [0.3, 0.4) is 0 Å². The molecule has 4 rings (SSSR count). The second-order valence-electron chi connectivity index (χ2n) is 9.19. The van der Waals surface area contributed by atoms with E-state index in [9.17, 15) is 23.1 Å². The molecule has 9 heteroatoms. The van der Waals surface area contributed by atoms with Crippen LogP contribution in [0.2, 0.25) is 0 Å². The van der Waals surface area contributed by atoms with Gasteiger partial charge in [0.05, 0.1) is 23.3 Å². The molecule has 0 unspecified atom stereocenters. The van der Waals surface area contributed by atoms with Crippen molar-refractivity contribution in [2.24, 2.45) is 5.41 Å². The molecule has 28 heavy (non-hydrogen) atoms. The van der Waals surface area contributed by atoms with Crippen LogP contribution in [0.1, 0.15) is 44.7 Å². The van der Waals surface area contributed by atoms with Gasteiger partial charge in [0.2, 0.25) is 5.91 Å². The third kappa shape index (κ3) is 3.44. The number of amides is 1. The van der Waals surface area contributed by atoms with E-state index >= 15 is 0 Å². The number of alkyl halides is 3. The Bertz CT molecular complexity index is 806. The number of benzene rings is 1. The van der Waals surface area contributed by atoms with E-state index in [4.69, 9.17) is 9.31 Å². The lowest BCUT2D eigenvalue weighted by atomic mass is 9.74. The van der Waals surface area contributed by atoms with Crippen LogP contribution in [0.25, 0.3) is 0 Å². The van der Waals surface area contributed by atoms with Gasteiger partial charge in [-0.2, -0.15) is 13.2 Å². The van der Waals surface area contributed by atoms with Crippen LogP contribution in [-0.4, -0.2) is 43.0 Å². The molecular formula is C19H23BF3NO4. The molecule has 0 bridgehead atoms. The van der Waals surface area contributed by atoms with Crippen LogP contribution in [0.4, 0.5) is 18.9 Å². The third-order valence-corrected chi connectivity index (χ3v) is 5.61. The highest BCUT2D eigenvalue weighted by Crippen LogP contribution is 2.46. The molecular weight excluding hydrogens is 374 g/mol. The monoisotopic (exact) mass is 397 g/mol. The fraction of sp³-hybridized carbons (Fsp3) is 0.632. The van der Waals surface area contributed by atoms with Crippen molar-refractivity contribution in [2.75, 3.05) is 18.1 Å². The Labute approximate surface area is 161 Å². The number of anilines is 1. The van der Waals surface area contributed by atoms with Crippen molar-refractivity contribution in [3.05, 3.63) is 23.3 Å². The number of nitrogens with zero attached hydrogens (tertiary/aromatic N) is 1. The molecule has 1 N–H and O–H groups in total. The summed E-state index contributed by atoms with van der Waals surface area (Å²) in [6.07, 6.45) is -4.19. The molecule has 1 aromatic carbocycles. The van der Waals surface area contributed by atoms with Gasteiger partial charge < -0.3 is 19.3 Å². The molecule has 1 saturated carbocycles. The zero-order valence-corrected chi connectivity index (χ0v) is 16.1. The summed E-state index contributed by atoms with van der Waals surface area (Å²) in [4.78, 5) is 13.8. The van der Waals surface area contributed by atoms with Crippen molar-refractivity contribution in [3.63, 3.8) is 0 Å². The van der Waals surface area contributed by atoms with Gasteiger partial charge in [-0.15, -0.1) is 0 Å². The standard InChI is InChI=1S/C19H23BF3NO4/c1-17(2)9-27-20(28-10-17)12-4-11-5-15(25)24(13-7-18(3,26)8-13)16(11)14(6-12)19(21,22)23/h4,6,13,26H,5,7-10H2,1-3H3. The van der Waals surface area contributed by atoms with Gasteiger partial charge in [0.15, 0.2) is 0 Å². The summed E-state index contributed by atoms with van der Waals surface area (Å²) < 4.78 is 52.9. The maximum absolute atomic E-state index is 13.9. The van der Waals surface area contributed by atoms with Crippen LogP contribution >= 0.6 is 0 Å². The lowest BCUT2D eigenvalue weighted by Gasteiger charge is -2.46. The van der Waals surface area contributed by atoms with Gasteiger partial charge in [-0.3, -0.25) is 4.79 Å². The molecule has 1 aromatic rings. The molecule has 152 valence electrons. The van der Waals surface area contributed by atoms with Crippen molar-refractivity contribution in [1.29, 1.82) is 0 Å². The first-order valence-corrected chi connectivity index (χ1v) is 9.38. The van der Waals surface area contributed by atoms with Crippen molar-refractivity contribution >= 4 is 24.2 Å². The molecule has 0 atom stereocenters. The second kappa shape index (κ2) is 6.21. The highest BCUT2D eigenvalue weighted by atomic mass is 19.4. The Balaban J connectivity index is 1.71. The molecule has 3 aliphatic rings.